The van der Waals surface area contributed by atoms with Crippen LogP contribution in [0.25, 0.3) is 0 Å². The maximum Gasteiger partial charge on any atom is 0.407 e. The second kappa shape index (κ2) is 4.39. The van der Waals surface area contributed by atoms with Gasteiger partial charge in [0.05, 0.1) is 12.8 Å². The van der Waals surface area contributed by atoms with Gasteiger partial charge < -0.3 is 16.2 Å². The molecule has 0 saturated heterocycles. The van der Waals surface area contributed by atoms with Crippen molar-refractivity contribution in [2.45, 2.75) is 12.2 Å². The lowest BCUT2D eigenvalue weighted by atomic mass is 10.1. The third-order valence-electron chi connectivity index (χ3n) is 2.04. The summed E-state index contributed by atoms with van der Waals surface area (Å²) in [7, 11) is 1.29. The van der Waals surface area contributed by atoms with Gasteiger partial charge in [0.25, 0.3) is 0 Å². The highest BCUT2D eigenvalue weighted by molar-refractivity contribution is 6.31. The Morgan fingerprint density at radius 1 is 1.38 bits per heavy atom. The van der Waals surface area contributed by atoms with Gasteiger partial charge in [-0.1, -0.05) is 11.6 Å². The molecule has 0 aliphatic rings. The minimum atomic E-state index is -4.56. The predicted octanol–water partition coefficient (Wildman–Crippen LogP) is 2.49. The summed E-state index contributed by atoms with van der Waals surface area (Å²) in [4.78, 5) is 0. The zero-order valence-corrected chi connectivity index (χ0v) is 9.06. The molecule has 1 aromatic rings. The third kappa shape index (κ3) is 2.51. The fourth-order valence-corrected chi connectivity index (χ4v) is 1.47. The van der Waals surface area contributed by atoms with Crippen molar-refractivity contribution in [3.8, 4) is 5.75 Å². The molecule has 16 heavy (non-hydrogen) atoms. The topological polar surface area (TPSA) is 61.3 Å². The molecule has 1 atom stereocenters. The predicted molar refractivity (Wildman–Crippen MR) is 55.4 cm³/mol. The largest absolute Gasteiger partial charge is 0.495 e. The van der Waals surface area contributed by atoms with Gasteiger partial charge in [-0.25, -0.2) is 0 Å². The van der Waals surface area contributed by atoms with Gasteiger partial charge in [-0.2, -0.15) is 13.2 Å². The molecule has 3 nitrogen and oxygen atoms in total. The highest BCUT2D eigenvalue weighted by Gasteiger charge is 2.39. The fraction of sp³-hybridized carbons (Fsp3) is 0.333. The summed E-state index contributed by atoms with van der Waals surface area (Å²) in [6, 6.07) is 0.117. The maximum atomic E-state index is 12.4. The van der Waals surface area contributed by atoms with Crippen LogP contribution in [-0.2, 0) is 0 Å². The number of methoxy groups -OCH3 is 1. The van der Waals surface area contributed by atoms with Crippen molar-refractivity contribution >= 4 is 17.3 Å². The molecule has 4 N–H and O–H groups in total. The summed E-state index contributed by atoms with van der Waals surface area (Å²) in [6.07, 6.45) is -4.56. The molecule has 0 aromatic heterocycles. The molecular weight excluding hydrogens is 245 g/mol. The Morgan fingerprint density at radius 3 is 2.38 bits per heavy atom. The molecule has 0 aliphatic carbocycles. The number of halogens is 4. The normalized spacial score (nSPS) is 13.6. The van der Waals surface area contributed by atoms with Crippen molar-refractivity contribution in [2.24, 2.45) is 5.73 Å². The number of benzene rings is 1. The van der Waals surface area contributed by atoms with Crippen LogP contribution in [0.1, 0.15) is 11.6 Å². The van der Waals surface area contributed by atoms with E-state index < -0.39 is 12.2 Å². The molecule has 0 heterocycles. The molecule has 7 heteroatoms. The second-order valence-electron chi connectivity index (χ2n) is 3.13. The molecule has 90 valence electrons. The first-order chi connectivity index (χ1) is 7.27. The summed E-state index contributed by atoms with van der Waals surface area (Å²) >= 11 is 5.64. The average Bonchev–Trinajstić information content (AvgIpc) is 2.15. The van der Waals surface area contributed by atoms with E-state index >= 15 is 0 Å². The van der Waals surface area contributed by atoms with Gasteiger partial charge in [0.15, 0.2) is 0 Å². The Bertz CT molecular complexity index is 395. The van der Waals surface area contributed by atoms with Crippen molar-refractivity contribution in [3.05, 3.63) is 22.7 Å². The summed E-state index contributed by atoms with van der Waals surface area (Å²) in [5.74, 6) is 0.110. The number of alkyl halides is 3. The van der Waals surface area contributed by atoms with Crippen LogP contribution in [-0.4, -0.2) is 13.3 Å². The molecule has 1 aromatic carbocycles. The molecule has 0 saturated carbocycles. The fourth-order valence-electron chi connectivity index (χ4n) is 1.18. The van der Waals surface area contributed by atoms with E-state index in [9.17, 15) is 13.2 Å². The quantitative estimate of drug-likeness (QED) is 0.797. The van der Waals surface area contributed by atoms with Crippen molar-refractivity contribution in [3.63, 3.8) is 0 Å². The molecule has 0 bridgehead atoms. The van der Waals surface area contributed by atoms with Crippen molar-refractivity contribution in [1.29, 1.82) is 0 Å². The van der Waals surface area contributed by atoms with Crippen LogP contribution in [0.4, 0.5) is 18.9 Å². The molecule has 0 radical (unpaired) electrons. The molecule has 0 fully saturated rings. The van der Waals surface area contributed by atoms with Gasteiger partial charge in [0.2, 0.25) is 0 Å². The van der Waals surface area contributed by atoms with Crippen molar-refractivity contribution in [1.82, 2.24) is 0 Å². The SMILES string of the molecule is COc1cc([C@@H](N)C(F)(F)F)c(Cl)cc1N. The zero-order valence-electron chi connectivity index (χ0n) is 8.31. The molecule has 0 spiro atoms. The molecule has 0 aliphatic heterocycles. The van der Waals surface area contributed by atoms with Crippen molar-refractivity contribution < 1.29 is 17.9 Å². The number of hydrogen-bond acceptors (Lipinski definition) is 3. The number of ether oxygens (including phenoxy) is 1. The van der Waals surface area contributed by atoms with Crippen molar-refractivity contribution in [2.75, 3.05) is 12.8 Å². The van der Waals surface area contributed by atoms with E-state index in [-0.39, 0.29) is 22.0 Å². The first-order valence-corrected chi connectivity index (χ1v) is 4.60. The van der Waals surface area contributed by atoms with E-state index in [1.54, 1.807) is 0 Å². The minimum absolute atomic E-state index is 0.110. The number of nitrogens with two attached hydrogens (primary N) is 2. The number of hydrogen-bond donors (Lipinski definition) is 2. The van der Waals surface area contributed by atoms with E-state index in [0.29, 0.717) is 0 Å². The van der Waals surface area contributed by atoms with E-state index in [4.69, 9.17) is 27.8 Å². The minimum Gasteiger partial charge on any atom is -0.495 e. The lowest BCUT2D eigenvalue weighted by molar-refractivity contribution is -0.149. The van der Waals surface area contributed by atoms with Gasteiger partial charge in [-0.3, -0.25) is 0 Å². The lowest BCUT2D eigenvalue weighted by Gasteiger charge is -2.18. The lowest BCUT2D eigenvalue weighted by Crippen LogP contribution is -2.28. The Balaban J connectivity index is 3.24. The van der Waals surface area contributed by atoms with Gasteiger partial charge in [-0.15, -0.1) is 0 Å². The smallest absolute Gasteiger partial charge is 0.407 e. The number of rotatable bonds is 2. The second-order valence-corrected chi connectivity index (χ2v) is 3.54. The first-order valence-electron chi connectivity index (χ1n) is 4.22. The van der Waals surface area contributed by atoms with Crippen LogP contribution in [0.2, 0.25) is 5.02 Å². The highest BCUT2D eigenvalue weighted by Crippen LogP contribution is 2.38. The van der Waals surface area contributed by atoms with E-state index in [0.717, 1.165) is 6.07 Å². The molecular formula is C9H10ClF3N2O. The third-order valence-corrected chi connectivity index (χ3v) is 2.36. The average molecular weight is 255 g/mol. The van der Waals surface area contributed by atoms with E-state index in [2.05, 4.69) is 0 Å². The Kier molecular flexibility index (Phi) is 3.54. The van der Waals surface area contributed by atoms with E-state index in [1.165, 1.54) is 13.2 Å². The van der Waals surface area contributed by atoms with Gasteiger partial charge >= 0.3 is 6.18 Å². The molecule has 1 rings (SSSR count). The number of anilines is 1. The monoisotopic (exact) mass is 254 g/mol. The summed E-state index contributed by atoms with van der Waals surface area (Å²) in [5, 5.41) is -0.136. The van der Waals surface area contributed by atoms with Gasteiger partial charge in [0.1, 0.15) is 11.8 Å². The Labute approximate surface area is 95.1 Å². The van der Waals surface area contributed by atoms with Crippen LogP contribution in [0, 0.1) is 0 Å². The summed E-state index contributed by atoms with van der Waals surface area (Å²) < 4.78 is 42.0. The highest BCUT2D eigenvalue weighted by atomic mass is 35.5. The summed E-state index contributed by atoms with van der Waals surface area (Å²) in [5.41, 5.74) is 10.4. The molecule has 0 amide bonds. The van der Waals surface area contributed by atoms with Gasteiger partial charge in [0, 0.05) is 10.6 Å². The first kappa shape index (κ1) is 12.9. The zero-order chi connectivity index (χ0) is 12.5. The van der Waals surface area contributed by atoms with Crippen LogP contribution in [0.15, 0.2) is 12.1 Å². The summed E-state index contributed by atoms with van der Waals surface area (Å²) in [6.45, 7) is 0. The Morgan fingerprint density at radius 2 is 1.94 bits per heavy atom. The maximum absolute atomic E-state index is 12.4. The Hall–Kier alpha value is -1.14. The van der Waals surface area contributed by atoms with E-state index in [1.807, 2.05) is 0 Å². The van der Waals surface area contributed by atoms with Gasteiger partial charge in [-0.05, 0) is 12.1 Å². The van der Waals surface area contributed by atoms with Crippen LogP contribution < -0.4 is 16.2 Å². The van der Waals surface area contributed by atoms with Crippen LogP contribution in [0.5, 0.6) is 5.75 Å². The number of nitrogen functional groups attached to an aromatic ring is 1. The van der Waals surface area contributed by atoms with Crippen LogP contribution in [0.3, 0.4) is 0 Å². The van der Waals surface area contributed by atoms with Crippen LogP contribution >= 0.6 is 11.6 Å². The molecule has 0 unspecified atom stereocenters. The standard InChI is InChI=1S/C9H10ClF3N2O/c1-16-7-2-4(5(10)3-6(7)14)8(15)9(11,12)13/h2-3,8H,14-15H2,1H3/t8-/m1/s1.